The maximum Gasteiger partial charge on any atom is 0.267 e. The van der Waals surface area contributed by atoms with Gasteiger partial charge in [-0.05, 0) is 63.8 Å². The van der Waals surface area contributed by atoms with Gasteiger partial charge in [0.05, 0.1) is 16.2 Å². The second-order valence-corrected chi connectivity index (χ2v) is 8.33. The molecule has 4 rings (SSSR count). The summed E-state index contributed by atoms with van der Waals surface area (Å²) in [6.45, 7) is 3.23. The molecular weight excluding hydrogens is 386 g/mol. The van der Waals surface area contributed by atoms with Gasteiger partial charge >= 0.3 is 0 Å². The van der Waals surface area contributed by atoms with Gasteiger partial charge in [0.15, 0.2) is 0 Å². The monoisotopic (exact) mass is 411 g/mol. The summed E-state index contributed by atoms with van der Waals surface area (Å²) < 4.78 is 1.52. The first-order chi connectivity index (χ1) is 13.9. The molecule has 0 aliphatic carbocycles. The molecule has 2 aromatic heterocycles. The zero-order chi connectivity index (χ0) is 20.5. The van der Waals surface area contributed by atoms with Crippen molar-refractivity contribution in [3.63, 3.8) is 0 Å². The smallest absolute Gasteiger partial charge is 0.267 e. The van der Waals surface area contributed by atoms with Crippen LogP contribution < -0.4 is 5.73 Å². The Morgan fingerprint density at radius 3 is 2.48 bits per heavy atom. The number of nitrogens with zero attached hydrogens (tertiary/aromatic N) is 4. The molecule has 1 aliphatic heterocycles. The number of aromatic nitrogens is 2. The number of hydrogen-bond donors (Lipinski definition) is 1. The Balaban J connectivity index is 1.49. The van der Waals surface area contributed by atoms with E-state index in [1.54, 1.807) is 6.07 Å². The molecular formula is C22H26ClN5O. The van der Waals surface area contributed by atoms with Crippen LogP contribution in [-0.2, 0) is 6.54 Å². The Bertz CT molecular complexity index is 1020. The lowest BCUT2D eigenvalue weighted by atomic mass is 10.0. The zero-order valence-corrected chi connectivity index (χ0v) is 17.6. The van der Waals surface area contributed by atoms with Crippen molar-refractivity contribution >= 4 is 23.0 Å². The Labute approximate surface area is 175 Å². The topological polar surface area (TPSA) is 66.9 Å². The van der Waals surface area contributed by atoms with Crippen molar-refractivity contribution in [3.8, 4) is 11.3 Å². The molecule has 0 radical (unpaired) electrons. The molecule has 2 N–H and O–H groups in total. The highest BCUT2D eigenvalue weighted by Gasteiger charge is 2.20. The summed E-state index contributed by atoms with van der Waals surface area (Å²) >= 11 is 6.18. The molecule has 1 aliphatic rings. The van der Waals surface area contributed by atoms with Crippen molar-refractivity contribution in [1.29, 1.82) is 0 Å². The minimum atomic E-state index is -0.551. The third-order valence-electron chi connectivity index (χ3n) is 5.77. The van der Waals surface area contributed by atoms with Crippen molar-refractivity contribution in [2.24, 2.45) is 5.73 Å². The van der Waals surface area contributed by atoms with Crippen LogP contribution >= 0.6 is 11.6 Å². The van der Waals surface area contributed by atoms with E-state index in [1.165, 1.54) is 22.9 Å². The third-order valence-corrected chi connectivity index (χ3v) is 6.07. The molecule has 1 fully saturated rings. The predicted molar refractivity (Wildman–Crippen MR) is 116 cm³/mol. The predicted octanol–water partition coefficient (Wildman–Crippen LogP) is 3.28. The lowest BCUT2D eigenvalue weighted by molar-refractivity contribution is 0.0994. The molecule has 0 bridgehead atoms. The SMILES string of the molecule is CN(C)C1CCN(Cc2ccc(-c3ccc4c(Cl)cc(C(N)=O)n4n3)cc2)CC1. The molecule has 7 heteroatoms. The molecule has 1 saturated heterocycles. The van der Waals surface area contributed by atoms with E-state index in [0.717, 1.165) is 30.9 Å². The Hall–Kier alpha value is -2.41. The second kappa shape index (κ2) is 8.14. The van der Waals surface area contributed by atoms with Crippen LogP contribution in [0.3, 0.4) is 0 Å². The van der Waals surface area contributed by atoms with Crippen LogP contribution in [0.1, 0.15) is 28.9 Å². The van der Waals surface area contributed by atoms with Gasteiger partial charge in [0.2, 0.25) is 0 Å². The average Bonchev–Trinajstić information content (AvgIpc) is 3.05. The van der Waals surface area contributed by atoms with Gasteiger partial charge in [0.1, 0.15) is 5.69 Å². The van der Waals surface area contributed by atoms with Crippen LogP contribution in [0.25, 0.3) is 16.8 Å². The Morgan fingerprint density at radius 2 is 1.86 bits per heavy atom. The molecule has 0 unspecified atom stereocenters. The third kappa shape index (κ3) is 4.15. The number of hydrogen-bond acceptors (Lipinski definition) is 4. The lowest BCUT2D eigenvalue weighted by Crippen LogP contribution is -2.41. The highest BCUT2D eigenvalue weighted by molar-refractivity contribution is 6.34. The lowest BCUT2D eigenvalue weighted by Gasteiger charge is -2.35. The highest BCUT2D eigenvalue weighted by Crippen LogP contribution is 2.25. The zero-order valence-electron chi connectivity index (χ0n) is 16.8. The van der Waals surface area contributed by atoms with E-state index in [4.69, 9.17) is 17.3 Å². The first-order valence-corrected chi connectivity index (χ1v) is 10.3. The van der Waals surface area contributed by atoms with E-state index in [2.05, 4.69) is 53.3 Å². The van der Waals surface area contributed by atoms with Crippen molar-refractivity contribution in [1.82, 2.24) is 19.4 Å². The van der Waals surface area contributed by atoms with E-state index in [1.807, 2.05) is 12.1 Å². The van der Waals surface area contributed by atoms with Crippen LogP contribution in [-0.4, -0.2) is 58.5 Å². The second-order valence-electron chi connectivity index (χ2n) is 7.93. The standard InChI is InChI=1S/C22H26ClN5O/c1-26(2)17-9-11-27(12-10-17)14-15-3-5-16(6-4-15)19-7-8-20-18(23)13-21(22(24)29)28(20)25-19/h3-8,13,17H,9-12,14H2,1-2H3,(H2,24,29). The largest absolute Gasteiger partial charge is 0.364 e. The molecule has 1 aromatic carbocycles. The van der Waals surface area contributed by atoms with Gasteiger partial charge in [0.25, 0.3) is 5.91 Å². The van der Waals surface area contributed by atoms with E-state index in [-0.39, 0.29) is 5.69 Å². The summed E-state index contributed by atoms with van der Waals surface area (Å²) in [4.78, 5) is 16.5. The van der Waals surface area contributed by atoms with Gasteiger partial charge in [0, 0.05) is 18.2 Å². The maximum atomic E-state index is 11.7. The summed E-state index contributed by atoms with van der Waals surface area (Å²) in [5.41, 5.74) is 9.45. The molecule has 3 heterocycles. The van der Waals surface area contributed by atoms with Gasteiger partial charge in [-0.2, -0.15) is 5.10 Å². The summed E-state index contributed by atoms with van der Waals surface area (Å²) in [6, 6.07) is 14.5. The van der Waals surface area contributed by atoms with Crippen molar-refractivity contribution in [2.75, 3.05) is 27.2 Å². The van der Waals surface area contributed by atoms with Crippen LogP contribution in [0.15, 0.2) is 42.5 Å². The fourth-order valence-electron chi connectivity index (χ4n) is 4.01. The number of rotatable bonds is 5. The first-order valence-electron chi connectivity index (χ1n) is 9.88. The fourth-order valence-corrected chi connectivity index (χ4v) is 4.25. The molecule has 29 heavy (non-hydrogen) atoms. The molecule has 0 saturated carbocycles. The maximum absolute atomic E-state index is 11.7. The fraction of sp³-hybridized carbons (Fsp3) is 0.364. The minimum Gasteiger partial charge on any atom is -0.364 e. The average molecular weight is 412 g/mol. The van der Waals surface area contributed by atoms with Crippen molar-refractivity contribution < 1.29 is 4.79 Å². The van der Waals surface area contributed by atoms with E-state index in [0.29, 0.717) is 16.6 Å². The molecule has 1 amide bonds. The number of amides is 1. The number of likely N-dealkylation sites (tertiary alicyclic amines) is 1. The summed E-state index contributed by atoms with van der Waals surface area (Å²) in [7, 11) is 4.33. The number of benzene rings is 1. The van der Waals surface area contributed by atoms with Gasteiger partial charge in [-0.15, -0.1) is 0 Å². The van der Waals surface area contributed by atoms with E-state index >= 15 is 0 Å². The van der Waals surface area contributed by atoms with E-state index in [9.17, 15) is 4.79 Å². The molecule has 3 aromatic rings. The number of halogens is 1. The molecule has 0 atom stereocenters. The van der Waals surface area contributed by atoms with E-state index < -0.39 is 5.91 Å². The van der Waals surface area contributed by atoms with Crippen LogP contribution in [0.2, 0.25) is 5.02 Å². The number of piperidine rings is 1. The number of fused-ring (bicyclic) bond motifs is 1. The van der Waals surface area contributed by atoms with Crippen LogP contribution in [0.5, 0.6) is 0 Å². The molecule has 0 spiro atoms. The van der Waals surface area contributed by atoms with Crippen molar-refractivity contribution in [2.45, 2.75) is 25.4 Å². The number of carbonyl (C=O) groups is 1. The van der Waals surface area contributed by atoms with Crippen LogP contribution in [0.4, 0.5) is 0 Å². The number of nitrogens with two attached hydrogens (primary N) is 1. The summed E-state index contributed by atoms with van der Waals surface area (Å²) in [5.74, 6) is -0.551. The van der Waals surface area contributed by atoms with Crippen LogP contribution in [0, 0.1) is 0 Å². The Kier molecular flexibility index (Phi) is 5.58. The number of carbonyl (C=O) groups excluding carboxylic acids is 1. The van der Waals surface area contributed by atoms with Gasteiger partial charge in [-0.1, -0.05) is 35.9 Å². The van der Waals surface area contributed by atoms with Gasteiger partial charge in [-0.25, -0.2) is 4.52 Å². The Morgan fingerprint density at radius 1 is 1.17 bits per heavy atom. The highest BCUT2D eigenvalue weighted by atomic mass is 35.5. The molecule has 6 nitrogen and oxygen atoms in total. The summed E-state index contributed by atoms with van der Waals surface area (Å²) in [5, 5.41) is 5.04. The first kappa shape index (κ1) is 19.9. The minimum absolute atomic E-state index is 0.282. The normalized spacial score (nSPS) is 16.0. The quantitative estimate of drug-likeness (QED) is 0.699. The molecule has 152 valence electrons. The van der Waals surface area contributed by atoms with Crippen molar-refractivity contribution in [3.05, 3.63) is 58.7 Å². The van der Waals surface area contributed by atoms with Gasteiger partial charge < -0.3 is 10.6 Å². The summed E-state index contributed by atoms with van der Waals surface area (Å²) in [6.07, 6.45) is 2.44. The number of primary amides is 1. The van der Waals surface area contributed by atoms with Gasteiger partial charge in [-0.3, -0.25) is 9.69 Å².